The van der Waals surface area contributed by atoms with Gasteiger partial charge in [-0.25, -0.2) is 4.98 Å². The topological polar surface area (TPSA) is 81.3 Å². The first kappa shape index (κ1) is 13.3. The lowest BCUT2D eigenvalue weighted by Crippen LogP contribution is -2.33. The summed E-state index contributed by atoms with van der Waals surface area (Å²) in [6.45, 7) is 3.55. The summed E-state index contributed by atoms with van der Waals surface area (Å²) in [5.41, 5.74) is 0.802. The Morgan fingerprint density at radius 2 is 2.19 bits per heavy atom. The van der Waals surface area contributed by atoms with Crippen molar-refractivity contribution >= 4 is 17.2 Å². The minimum atomic E-state index is -0.524. The van der Waals surface area contributed by atoms with Crippen molar-refractivity contribution in [2.75, 3.05) is 11.4 Å². The SMILES string of the molecule is CC(=O)c1cc(N2CCn3ccnc3C2)ccc1[N+](=O)[O-]. The predicted molar refractivity (Wildman–Crippen MR) is 76.4 cm³/mol. The lowest BCUT2D eigenvalue weighted by molar-refractivity contribution is -0.385. The molecule has 0 aliphatic carbocycles. The Bertz CT molecular complexity index is 723. The first-order valence-electron chi connectivity index (χ1n) is 6.60. The predicted octanol–water partition coefficient (Wildman–Crippen LogP) is 2.01. The average molecular weight is 286 g/mol. The Labute approximate surface area is 121 Å². The molecule has 0 atom stereocenters. The zero-order valence-corrected chi connectivity index (χ0v) is 11.5. The molecule has 7 nitrogen and oxygen atoms in total. The van der Waals surface area contributed by atoms with Gasteiger partial charge < -0.3 is 9.47 Å². The Morgan fingerprint density at radius 1 is 1.38 bits per heavy atom. The van der Waals surface area contributed by atoms with Gasteiger partial charge in [0, 0.05) is 37.2 Å². The smallest absolute Gasteiger partial charge is 0.280 e. The molecular weight excluding hydrogens is 272 g/mol. The minimum Gasteiger partial charge on any atom is -0.362 e. The van der Waals surface area contributed by atoms with Gasteiger partial charge in [0.25, 0.3) is 5.69 Å². The van der Waals surface area contributed by atoms with Gasteiger partial charge in [0.2, 0.25) is 0 Å². The molecule has 3 rings (SSSR count). The zero-order valence-electron chi connectivity index (χ0n) is 11.5. The van der Waals surface area contributed by atoms with Crippen LogP contribution in [0.2, 0.25) is 0 Å². The molecule has 0 amide bonds. The van der Waals surface area contributed by atoms with E-state index in [1.165, 1.54) is 13.0 Å². The molecular formula is C14H14N4O3. The number of imidazole rings is 1. The molecule has 2 aromatic rings. The molecule has 2 heterocycles. The lowest BCUT2D eigenvalue weighted by Gasteiger charge is -2.29. The van der Waals surface area contributed by atoms with Crippen molar-refractivity contribution in [3.63, 3.8) is 0 Å². The molecule has 1 aromatic carbocycles. The van der Waals surface area contributed by atoms with E-state index in [2.05, 4.69) is 14.5 Å². The maximum atomic E-state index is 11.6. The monoisotopic (exact) mass is 286 g/mol. The number of ketones is 1. The van der Waals surface area contributed by atoms with Crippen molar-refractivity contribution in [2.45, 2.75) is 20.0 Å². The highest BCUT2D eigenvalue weighted by atomic mass is 16.6. The Kier molecular flexibility index (Phi) is 3.17. The Morgan fingerprint density at radius 3 is 2.90 bits per heavy atom. The van der Waals surface area contributed by atoms with E-state index in [1.807, 2.05) is 6.20 Å². The fourth-order valence-corrected chi connectivity index (χ4v) is 2.56. The highest BCUT2D eigenvalue weighted by molar-refractivity contribution is 5.99. The summed E-state index contributed by atoms with van der Waals surface area (Å²) in [5, 5.41) is 11.0. The number of nitro groups is 1. The van der Waals surface area contributed by atoms with Crippen LogP contribution in [-0.2, 0) is 13.1 Å². The van der Waals surface area contributed by atoms with Crippen LogP contribution in [0.1, 0.15) is 23.1 Å². The summed E-state index contributed by atoms with van der Waals surface area (Å²) in [5.74, 6) is 0.644. The molecule has 0 bridgehead atoms. The van der Waals surface area contributed by atoms with Gasteiger partial charge in [-0.2, -0.15) is 0 Å². The maximum Gasteiger partial charge on any atom is 0.280 e. The van der Waals surface area contributed by atoms with E-state index in [0.29, 0.717) is 6.54 Å². The number of Topliss-reactive ketones (excluding diaryl/α,β-unsaturated/α-hetero) is 1. The van der Waals surface area contributed by atoms with Crippen LogP contribution in [0.4, 0.5) is 11.4 Å². The third-order valence-electron chi connectivity index (χ3n) is 3.67. The molecule has 0 saturated heterocycles. The number of anilines is 1. The quantitative estimate of drug-likeness (QED) is 0.490. The molecule has 108 valence electrons. The van der Waals surface area contributed by atoms with Crippen molar-refractivity contribution in [1.82, 2.24) is 9.55 Å². The Balaban J connectivity index is 1.95. The van der Waals surface area contributed by atoms with Crippen LogP contribution in [0.15, 0.2) is 30.6 Å². The number of nitrogens with zero attached hydrogens (tertiary/aromatic N) is 4. The summed E-state index contributed by atoms with van der Waals surface area (Å²) < 4.78 is 2.08. The second-order valence-corrected chi connectivity index (χ2v) is 4.97. The van der Waals surface area contributed by atoms with Crippen LogP contribution < -0.4 is 4.90 Å². The van der Waals surface area contributed by atoms with Crippen molar-refractivity contribution in [2.24, 2.45) is 0 Å². The summed E-state index contributed by atoms with van der Waals surface area (Å²) in [6, 6.07) is 4.68. The number of aromatic nitrogens is 2. The third kappa shape index (κ3) is 2.37. The molecule has 0 spiro atoms. The normalized spacial score (nSPS) is 13.9. The van der Waals surface area contributed by atoms with Gasteiger partial charge in [-0.3, -0.25) is 14.9 Å². The van der Waals surface area contributed by atoms with Gasteiger partial charge in [-0.1, -0.05) is 0 Å². The number of nitro benzene ring substituents is 1. The number of rotatable bonds is 3. The van der Waals surface area contributed by atoms with E-state index in [1.54, 1.807) is 18.3 Å². The average Bonchev–Trinajstić information content (AvgIpc) is 2.93. The highest BCUT2D eigenvalue weighted by Crippen LogP contribution is 2.27. The van der Waals surface area contributed by atoms with Gasteiger partial charge in [-0.15, -0.1) is 0 Å². The first-order chi connectivity index (χ1) is 10.1. The van der Waals surface area contributed by atoms with E-state index >= 15 is 0 Å². The first-order valence-corrected chi connectivity index (χ1v) is 6.60. The van der Waals surface area contributed by atoms with E-state index in [9.17, 15) is 14.9 Å². The van der Waals surface area contributed by atoms with Crippen molar-refractivity contribution < 1.29 is 9.72 Å². The largest absolute Gasteiger partial charge is 0.362 e. The molecule has 21 heavy (non-hydrogen) atoms. The van der Waals surface area contributed by atoms with E-state index in [0.717, 1.165) is 24.6 Å². The second-order valence-electron chi connectivity index (χ2n) is 4.97. The summed E-state index contributed by atoms with van der Waals surface area (Å²) >= 11 is 0. The summed E-state index contributed by atoms with van der Waals surface area (Å²) in [4.78, 5) is 28.4. The second kappa shape index (κ2) is 5.01. The van der Waals surface area contributed by atoms with Crippen LogP contribution >= 0.6 is 0 Å². The Hall–Kier alpha value is -2.70. The van der Waals surface area contributed by atoms with E-state index in [4.69, 9.17) is 0 Å². The number of hydrogen-bond donors (Lipinski definition) is 0. The third-order valence-corrected chi connectivity index (χ3v) is 3.67. The van der Waals surface area contributed by atoms with Gasteiger partial charge in [-0.05, 0) is 19.1 Å². The molecule has 0 N–H and O–H groups in total. The number of fused-ring (bicyclic) bond motifs is 1. The standard InChI is InChI=1S/C14H14N4O3/c1-10(19)12-8-11(2-3-13(12)18(20)21)17-7-6-16-5-4-15-14(16)9-17/h2-5,8H,6-7,9H2,1H3. The summed E-state index contributed by atoms with van der Waals surface area (Å²) in [6.07, 6.45) is 3.69. The molecule has 1 aliphatic heterocycles. The molecule has 0 saturated carbocycles. The van der Waals surface area contributed by atoms with Crippen LogP contribution in [-0.4, -0.2) is 26.8 Å². The number of hydrogen-bond acceptors (Lipinski definition) is 5. The molecule has 0 fully saturated rings. The van der Waals surface area contributed by atoms with Crippen LogP contribution in [0.5, 0.6) is 0 Å². The summed E-state index contributed by atoms with van der Waals surface area (Å²) in [7, 11) is 0. The van der Waals surface area contributed by atoms with Crippen LogP contribution in [0.3, 0.4) is 0 Å². The number of benzene rings is 1. The molecule has 0 radical (unpaired) electrons. The van der Waals surface area contributed by atoms with E-state index in [-0.39, 0.29) is 17.0 Å². The van der Waals surface area contributed by atoms with Crippen molar-refractivity contribution in [3.05, 3.63) is 52.1 Å². The number of carbonyl (C=O) groups is 1. The van der Waals surface area contributed by atoms with Gasteiger partial charge in [0.05, 0.1) is 17.0 Å². The van der Waals surface area contributed by atoms with Gasteiger partial charge in [0.15, 0.2) is 5.78 Å². The molecule has 0 unspecified atom stereocenters. The van der Waals surface area contributed by atoms with E-state index < -0.39 is 4.92 Å². The number of carbonyl (C=O) groups excluding carboxylic acids is 1. The van der Waals surface area contributed by atoms with Crippen LogP contribution in [0.25, 0.3) is 0 Å². The highest BCUT2D eigenvalue weighted by Gasteiger charge is 2.22. The van der Waals surface area contributed by atoms with Crippen molar-refractivity contribution in [3.8, 4) is 0 Å². The molecule has 1 aromatic heterocycles. The lowest BCUT2D eigenvalue weighted by atomic mass is 10.1. The van der Waals surface area contributed by atoms with Crippen LogP contribution in [0, 0.1) is 10.1 Å². The van der Waals surface area contributed by atoms with Gasteiger partial charge >= 0.3 is 0 Å². The maximum absolute atomic E-state index is 11.6. The van der Waals surface area contributed by atoms with Crippen molar-refractivity contribution in [1.29, 1.82) is 0 Å². The fourth-order valence-electron chi connectivity index (χ4n) is 2.56. The zero-order chi connectivity index (χ0) is 15.0. The molecule has 7 heteroatoms. The fraction of sp³-hybridized carbons (Fsp3) is 0.286. The molecule has 1 aliphatic rings. The van der Waals surface area contributed by atoms with Gasteiger partial charge in [0.1, 0.15) is 5.82 Å². The minimum absolute atomic E-state index is 0.145.